The van der Waals surface area contributed by atoms with Gasteiger partial charge >= 0.3 is 0 Å². The van der Waals surface area contributed by atoms with E-state index in [2.05, 4.69) is 29.8 Å². The maximum absolute atomic E-state index is 12.3. The molecule has 0 aromatic heterocycles. The van der Waals surface area contributed by atoms with E-state index in [0.29, 0.717) is 22.6 Å². The molecule has 1 rings (SSSR count). The first-order valence-electron chi connectivity index (χ1n) is 5.76. The molecule has 0 unspecified atom stereocenters. The van der Waals surface area contributed by atoms with Crippen LogP contribution in [0.4, 0.5) is 5.69 Å². The highest BCUT2D eigenvalue weighted by atomic mass is 79.9. The van der Waals surface area contributed by atoms with E-state index in [1.54, 1.807) is 13.1 Å². The number of rotatable bonds is 5. The van der Waals surface area contributed by atoms with Crippen LogP contribution in [0.3, 0.4) is 0 Å². The summed E-state index contributed by atoms with van der Waals surface area (Å²) in [4.78, 5) is 0.259. The van der Waals surface area contributed by atoms with Gasteiger partial charge < -0.3 is 5.73 Å². The van der Waals surface area contributed by atoms with Gasteiger partial charge in [-0.2, -0.15) is 0 Å². The molecule has 0 aliphatic rings. The Morgan fingerprint density at radius 2 is 2.00 bits per heavy atom. The van der Waals surface area contributed by atoms with Crippen molar-refractivity contribution in [1.82, 2.24) is 4.31 Å². The second-order valence-electron chi connectivity index (χ2n) is 4.69. The molecule has 0 atom stereocenters. The molecule has 0 saturated heterocycles. The van der Waals surface area contributed by atoms with E-state index in [1.807, 2.05) is 0 Å². The molecule has 0 bridgehead atoms. The minimum Gasteiger partial charge on any atom is -0.398 e. The van der Waals surface area contributed by atoms with Crippen molar-refractivity contribution in [2.24, 2.45) is 5.92 Å². The molecule has 18 heavy (non-hydrogen) atoms. The lowest BCUT2D eigenvalue weighted by atomic mass is 10.1. The minimum atomic E-state index is -3.43. The Bertz CT molecular complexity index is 515. The summed E-state index contributed by atoms with van der Waals surface area (Å²) < 4.78 is 26.5. The van der Waals surface area contributed by atoms with Gasteiger partial charge in [-0.05, 0) is 46.5 Å². The molecule has 0 fully saturated rings. The lowest BCUT2D eigenvalue weighted by Gasteiger charge is -2.18. The molecule has 4 nitrogen and oxygen atoms in total. The van der Waals surface area contributed by atoms with Crippen LogP contribution in [-0.2, 0) is 10.0 Å². The van der Waals surface area contributed by atoms with Crippen molar-refractivity contribution in [2.45, 2.75) is 25.2 Å². The van der Waals surface area contributed by atoms with Crippen molar-refractivity contribution in [2.75, 3.05) is 19.3 Å². The second-order valence-corrected chi connectivity index (χ2v) is 7.59. The number of nitrogens with two attached hydrogens (primary N) is 1. The first kappa shape index (κ1) is 15.5. The SMILES string of the molecule is CC(C)CCN(C)S(=O)(=O)c1ccc(N)c(Br)c1. The number of nitrogens with zero attached hydrogens (tertiary/aromatic N) is 1. The number of benzene rings is 1. The van der Waals surface area contributed by atoms with E-state index in [1.165, 1.54) is 16.4 Å². The highest BCUT2D eigenvalue weighted by Crippen LogP contribution is 2.24. The first-order valence-corrected chi connectivity index (χ1v) is 8.00. The van der Waals surface area contributed by atoms with E-state index < -0.39 is 10.0 Å². The van der Waals surface area contributed by atoms with Crippen LogP contribution in [0.25, 0.3) is 0 Å². The molecular weight excluding hydrogens is 316 g/mol. The van der Waals surface area contributed by atoms with Crippen molar-refractivity contribution in [3.05, 3.63) is 22.7 Å². The van der Waals surface area contributed by atoms with Gasteiger partial charge in [-0.1, -0.05) is 13.8 Å². The molecule has 1 aromatic carbocycles. The average molecular weight is 335 g/mol. The normalized spacial score (nSPS) is 12.3. The molecule has 0 radical (unpaired) electrons. The molecule has 0 saturated carbocycles. The average Bonchev–Trinajstić information content (AvgIpc) is 2.29. The molecular formula is C12H19BrN2O2S. The van der Waals surface area contributed by atoms with Gasteiger partial charge in [-0.3, -0.25) is 0 Å². The third-order valence-corrected chi connectivity index (χ3v) is 5.24. The largest absolute Gasteiger partial charge is 0.398 e. The summed E-state index contributed by atoms with van der Waals surface area (Å²) in [7, 11) is -1.83. The van der Waals surface area contributed by atoms with Crippen LogP contribution in [-0.4, -0.2) is 26.3 Å². The fraction of sp³-hybridized carbons (Fsp3) is 0.500. The Morgan fingerprint density at radius 3 is 2.50 bits per heavy atom. The number of nitrogen functional groups attached to an aromatic ring is 1. The van der Waals surface area contributed by atoms with Crippen molar-refractivity contribution >= 4 is 31.6 Å². The van der Waals surface area contributed by atoms with Crippen LogP contribution >= 0.6 is 15.9 Å². The van der Waals surface area contributed by atoms with Crippen molar-refractivity contribution in [1.29, 1.82) is 0 Å². The van der Waals surface area contributed by atoms with Gasteiger partial charge in [-0.15, -0.1) is 0 Å². The maximum Gasteiger partial charge on any atom is 0.242 e. The summed E-state index contributed by atoms with van der Waals surface area (Å²) in [5.74, 6) is 0.473. The summed E-state index contributed by atoms with van der Waals surface area (Å²) in [6.45, 7) is 4.66. The smallest absolute Gasteiger partial charge is 0.242 e. The minimum absolute atomic E-state index is 0.259. The van der Waals surface area contributed by atoms with Crippen molar-refractivity contribution in [3.8, 4) is 0 Å². The second kappa shape index (κ2) is 6.04. The number of sulfonamides is 1. The maximum atomic E-state index is 12.3. The van der Waals surface area contributed by atoms with E-state index in [4.69, 9.17) is 5.73 Å². The van der Waals surface area contributed by atoms with E-state index in [-0.39, 0.29) is 4.90 Å². The monoisotopic (exact) mass is 334 g/mol. The zero-order valence-corrected chi connectivity index (χ0v) is 13.3. The zero-order chi connectivity index (χ0) is 13.9. The quantitative estimate of drug-likeness (QED) is 0.842. The fourth-order valence-corrected chi connectivity index (χ4v) is 3.15. The summed E-state index contributed by atoms with van der Waals surface area (Å²) in [5.41, 5.74) is 6.18. The van der Waals surface area contributed by atoms with Gasteiger partial charge in [0.1, 0.15) is 0 Å². The number of halogens is 1. The topological polar surface area (TPSA) is 63.4 Å². The third kappa shape index (κ3) is 3.70. The van der Waals surface area contributed by atoms with Crippen LogP contribution in [0.5, 0.6) is 0 Å². The standard InChI is InChI=1S/C12H19BrN2O2S/c1-9(2)6-7-15(3)18(16,17)10-4-5-12(14)11(13)8-10/h4-5,8-9H,6-7,14H2,1-3H3. The predicted molar refractivity (Wildman–Crippen MR) is 77.8 cm³/mol. The summed E-state index contributed by atoms with van der Waals surface area (Å²) >= 11 is 3.24. The van der Waals surface area contributed by atoms with Crippen LogP contribution in [0.2, 0.25) is 0 Å². The Balaban J connectivity index is 2.95. The molecule has 0 heterocycles. The Kier molecular flexibility index (Phi) is 5.19. The van der Waals surface area contributed by atoms with Crippen LogP contribution in [0.15, 0.2) is 27.6 Å². The van der Waals surface area contributed by atoms with Gasteiger partial charge in [0.05, 0.1) is 4.90 Å². The Labute approximate surface area is 117 Å². The molecule has 0 spiro atoms. The first-order chi connectivity index (χ1) is 8.25. The summed E-state index contributed by atoms with van der Waals surface area (Å²) in [5, 5.41) is 0. The van der Waals surface area contributed by atoms with E-state index >= 15 is 0 Å². The number of anilines is 1. The van der Waals surface area contributed by atoms with E-state index in [0.717, 1.165) is 6.42 Å². The van der Waals surface area contributed by atoms with Crippen LogP contribution in [0.1, 0.15) is 20.3 Å². The predicted octanol–water partition coefficient (Wildman–Crippen LogP) is 2.70. The van der Waals surface area contributed by atoms with E-state index in [9.17, 15) is 8.42 Å². The fourth-order valence-electron chi connectivity index (χ4n) is 1.41. The van der Waals surface area contributed by atoms with Gasteiger partial charge in [0.15, 0.2) is 0 Å². The third-order valence-electron chi connectivity index (χ3n) is 2.70. The highest BCUT2D eigenvalue weighted by molar-refractivity contribution is 9.10. The lowest BCUT2D eigenvalue weighted by molar-refractivity contribution is 0.428. The van der Waals surface area contributed by atoms with Crippen molar-refractivity contribution < 1.29 is 8.42 Å². The number of hydrogen-bond donors (Lipinski definition) is 1. The highest BCUT2D eigenvalue weighted by Gasteiger charge is 2.21. The lowest BCUT2D eigenvalue weighted by Crippen LogP contribution is -2.28. The van der Waals surface area contributed by atoms with Gasteiger partial charge in [0.2, 0.25) is 10.0 Å². The van der Waals surface area contributed by atoms with Crippen LogP contribution in [0, 0.1) is 5.92 Å². The van der Waals surface area contributed by atoms with Gasteiger partial charge in [-0.25, -0.2) is 12.7 Å². The molecule has 0 amide bonds. The molecule has 2 N–H and O–H groups in total. The molecule has 0 aliphatic carbocycles. The summed E-state index contributed by atoms with van der Waals surface area (Å²) in [6.07, 6.45) is 0.839. The molecule has 6 heteroatoms. The number of hydrogen-bond acceptors (Lipinski definition) is 3. The molecule has 1 aromatic rings. The zero-order valence-electron chi connectivity index (χ0n) is 10.9. The Hall–Kier alpha value is -0.590. The van der Waals surface area contributed by atoms with Crippen LogP contribution < -0.4 is 5.73 Å². The molecule has 102 valence electrons. The summed E-state index contributed by atoms with van der Waals surface area (Å²) in [6, 6.07) is 4.66. The molecule has 0 aliphatic heterocycles. The van der Waals surface area contributed by atoms with Gasteiger partial charge in [0.25, 0.3) is 0 Å². The van der Waals surface area contributed by atoms with Gasteiger partial charge in [0, 0.05) is 23.8 Å². The van der Waals surface area contributed by atoms with Crippen molar-refractivity contribution in [3.63, 3.8) is 0 Å². The Morgan fingerprint density at radius 1 is 1.39 bits per heavy atom.